The number of carbonyl (C=O) groups excluding carboxylic acids is 1. The quantitative estimate of drug-likeness (QED) is 0.810. The van der Waals surface area contributed by atoms with Gasteiger partial charge >= 0.3 is 0 Å². The van der Waals surface area contributed by atoms with Crippen molar-refractivity contribution in [3.63, 3.8) is 0 Å². The van der Waals surface area contributed by atoms with Crippen LogP contribution in [0, 0.1) is 0 Å². The zero-order valence-corrected chi connectivity index (χ0v) is 13.0. The average Bonchev–Trinajstić information content (AvgIpc) is 2.52. The molecule has 0 saturated carbocycles. The topological polar surface area (TPSA) is 50.4 Å². The number of benzene rings is 1. The molecule has 4 heteroatoms. The third kappa shape index (κ3) is 4.38. The van der Waals surface area contributed by atoms with E-state index in [4.69, 9.17) is 4.74 Å². The fourth-order valence-electron chi connectivity index (χ4n) is 2.64. The van der Waals surface area contributed by atoms with Crippen LogP contribution in [0.5, 0.6) is 5.75 Å². The van der Waals surface area contributed by atoms with E-state index >= 15 is 0 Å². The minimum atomic E-state index is -0.444. The van der Waals surface area contributed by atoms with Gasteiger partial charge in [-0.1, -0.05) is 45.2 Å². The summed E-state index contributed by atoms with van der Waals surface area (Å²) < 4.78 is 5.80. The highest BCUT2D eigenvalue weighted by molar-refractivity contribution is 5.83. The predicted molar refractivity (Wildman–Crippen MR) is 85.7 cm³/mol. The van der Waals surface area contributed by atoms with E-state index in [1.807, 2.05) is 24.3 Å². The van der Waals surface area contributed by atoms with Gasteiger partial charge in [0, 0.05) is 6.04 Å². The molecule has 0 saturated heterocycles. The zero-order valence-electron chi connectivity index (χ0n) is 13.0. The fourth-order valence-corrected chi connectivity index (χ4v) is 2.64. The molecule has 1 aromatic rings. The Morgan fingerprint density at radius 3 is 2.90 bits per heavy atom. The van der Waals surface area contributed by atoms with E-state index in [1.54, 1.807) is 0 Å². The van der Waals surface area contributed by atoms with Gasteiger partial charge < -0.3 is 15.4 Å². The van der Waals surface area contributed by atoms with Crippen molar-refractivity contribution in [2.24, 2.45) is 0 Å². The highest BCUT2D eigenvalue weighted by Crippen LogP contribution is 2.28. The van der Waals surface area contributed by atoms with Crippen LogP contribution in [0.2, 0.25) is 0 Å². The maximum atomic E-state index is 12.4. The summed E-state index contributed by atoms with van der Waals surface area (Å²) in [7, 11) is 0. The number of para-hydroxylation sites is 2. The van der Waals surface area contributed by atoms with Gasteiger partial charge in [-0.05, 0) is 25.0 Å². The molecule has 1 amide bonds. The van der Waals surface area contributed by atoms with Crippen LogP contribution in [0.25, 0.3) is 0 Å². The van der Waals surface area contributed by atoms with Crippen molar-refractivity contribution >= 4 is 11.6 Å². The molecule has 2 atom stereocenters. The zero-order chi connectivity index (χ0) is 15.1. The Kier molecular flexibility index (Phi) is 5.90. The summed E-state index contributed by atoms with van der Waals surface area (Å²) in [5, 5.41) is 6.41. The van der Waals surface area contributed by atoms with Gasteiger partial charge in [0.05, 0.1) is 12.2 Å². The lowest BCUT2D eigenvalue weighted by molar-refractivity contribution is -0.128. The number of anilines is 1. The molecule has 0 radical (unpaired) electrons. The highest BCUT2D eigenvalue weighted by Gasteiger charge is 2.26. The number of nitrogens with one attached hydrogen (secondary N) is 2. The first-order valence-corrected chi connectivity index (χ1v) is 8.04. The van der Waals surface area contributed by atoms with Crippen LogP contribution in [0.3, 0.4) is 0 Å². The smallest absolute Gasteiger partial charge is 0.263 e. The number of fused-ring (bicyclic) bond motifs is 1. The Bertz CT molecular complexity index is 462. The van der Waals surface area contributed by atoms with E-state index in [9.17, 15) is 4.79 Å². The second-order valence-corrected chi connectivity index (χ2v) is 5.62. The van der Waals surface area contributed by atoms with Crippen LogP contribution < -0.4 is 15.4 Å². The van der Waals surface area contributed by atoms with Crippen LogP contribution in [0.1, 0.15) is 46.0 Å². The summed E-state index contributed by atoms with van der Waals surface area (Å²) in [5.41, 5.74) is 0.956. The third-order valence-electron chi connectivity index (χ3n) is 3.82. The van der Waals surface area contributed by atoms with E-state index in [1.165, 1.54) is 0 Å². The molecule has 116 valence electrons. The van der Waals surface area contributed by atoms with Gasteiger partial charge in [0.25, 0.3) is 5.91 Å². The van der Waals surface area contributed by atoms with Gasteiger partial charge in [0.1, 0.15) is 5.75 Å². The molecule has 4 nitrogen and oxygen atoms in total. The number of rotatable bonds is 7. The maximum Gasteiger partial charge on any atom is 0.263 e. The predicted octanol–water partition coefficient (Wildman–Crippen LogP) is 3.33. The van der Waals surface area contributed by atoms with Crippen LogP contribution >= 0.6 is 0 Å². The van der Waals surface area contributed by atoms with Crippen molar-refractivity contribution in [2.75, 3.05) is 11.9 Å². The van der Waals surface area contributed by atoms with Crippen LogP contribution in [-0.4, -0.2) is 24.6 Å². The van der Waals surface area contributed by atoms with Crippen molar-refractivity contribution in [3.8, 4) is 5.75 Å². The van der Waals surface area contributed by atoms with Gasteiger partial charge in [0.2, 0.25) is 0 Å². The lowest BCUT2D eigenvalue weighted by Gasteiger charge is -2.28. The van der Waals surface area contributed by atoms with Crippen molar-refractivity contribution in [3.05, 3.63) is 24.3 Å². The van der Waals surface area contributed by atoms with Crippen LogP contribution in [-0.2, 0) is 4.79 Å². The fraction of sp³-hybridized carbons (Fsp3) is 0.588. The van der Waals surface area contributed by atoms with Crippen molar-refractivity contribution in [1.29, 1.82) is 0 Å². The minimum absolute atomic E-state index is 0.00782. The number of hydrogen-bond acceptors (Lipinski definition) is 3. The molecule has 0 fully saturated rings. The van der Waals surface area contributed by atoms with Crippen LogP contribution in [0.15, 0.2) is 24.3 Å². The Balaban J connectivity index is 1.91. The number of ether oxygens (including phenoxy) is 1. The van der Waals surface area contributed by atoms with Gasteiger partial charge in [-0.15, -0.1) is 0 Å². The van der Waals surface area contributed by atoms with Gasteiger partial charge in [-0.3, -0.25) is 4.79 Å². The number of amides is 1. The molecule has 2 N–H and O–H groups in total. The number of unbranched alkanes of at least 4 members (excludes halogenated alkanes) is 1. The van der Waals surface area contributed by atoms with E-state index in [0.29, 0.717) is 6.54 Å². The normalized spacial score (nSPS) is 18.1. The van der Waals surface area contributed by atoms with Gasteiger partial charge in [-0.25, -0.2) is 0 Å². The largest absolute Gasteiger partial charge is 0.477 e. The molecule has 0 spiro atoms. The molecule has 0 aliphatic carbocycles. The summed E-state index contributed by atoms with van der Waals surface area (Å²) in [4.78, 5) is 12.4. The molecule has 2 rings (SSSR count). The Hall–Kier alpha value is -1.71. The second kappa shape index (κ2) is 7.91. The summed E-state index contributed by atoms with van der Waals surface area (Å²) in [6, 6.07) is 8.00. The molecule has 1 heterocycles. The van der Waals surface area contributed by atoms with Crippen LogP contribution in [0.4, 0.5) is 5.69 Å². The van der Waals surface area contributed by atoms with E-state index in [0.717, 1.165) is 43.5 Å². The first-order valence-electron chi connectivity index (χ1n) is 8.04. The summed E-state index contributed by atoms with van der Waals surface area (Å²) in [6.45, 7) is 4.85. The molecular weight excluding hydrogens is 264 g/mol. The summed E-state index contributed by atoms with van der Waals surface area (Å²) >= 11 is 0. The number of hydrogen-bond donors (Lipinski definition) is 2. The molecule has 0 bridgehead atoms. The van der Waals surface area contributed by atoms with Gasteiger partial charge in [0.15, 0.2) is 6.10 Å². The highest BCUT2D eigenvalue weighted by atomic mass is 16.5. The van der Waals surface area contributed by atoms with Crippen molar-refractivity contribution in [2.45, 2.75) is 58.1 Å². The molecule has 21 heavy (non-hydrogen) atoms. The maximum absolute atomic E-state index is 12.4. The van der Waals surface area contributed by atoms with E-state index in [2.05, 4.69) is 24.5 Å². The second-order valence-electron chi connectivity index (χ2n) is 5.62. The van der Waals surface area contributed by atoms with Crippen molar-refractivity contribution < 1.29 is 9.53 Å². The lowest BCUT2D eigenvalue weighted by Crippen LogP contribution is -2.48. The Labute approximate surface area is 127 Å². The first kappa shape index (κ1) is 15.7. The third-order valence-corrected chi connectivity index (χ3v) is 3.82. The van der Waals surface area contributed by atoms with E-state index in [-0.39, 0.29) is 11.9 Å². The average molecular weight is 290 g/mol. The first-order chi connectivity index (χ1) is 10.2. The standard InChI is InChI=1S/C17H26N2O2/c1-3-5-9-13(8-4-2)19-17(20)16-12-18-14-10-6-7-11-15(14)21-16/h6-7,10-11,13,16,18H,3-5,8-9,12H2,1-2H3,(H,19,20). The molecule has 1 aliphatic rings. The number of carbonyl (C=O) groups is 1. The molecular formula is C17H26N2O2. The Morgan fingerprint density at radius 1 is 1.33 bits per heavy atom. The molecule has 2 unspecified atom stereocenters. The monoisotopic (exact) mass is 290 g/mol. The molecule has 0 aromatic heterocycles. The van der Waals surface area contributed by atoms with E-state index < -0.39 is 6.10 Å². The summed E-state index contributed by atoms with van der Waals surface area (Å²) in [6.07, 6.45) is 5.03. The molecule has 1 aromatic carbocycles. The minimum Gasteiger partial charge on any atom is -0.477 e. The SMILES string of the molecule is CCCCC(CCC)NC(=O)C1CNc2ccccc2O1. The summed E-state index contributed by atoms with van der Waals surface area (Å²) in [5.74, 6) is 0.746. The Morgan fingerprint density at radius 2 is 2.14 bits per heavy atom. The molecule has 1 aliphatic heterocycles. The van der Waals surface area contributed by atoms with Gasteiger partial charge in [-0.2, -0.15) is 0 Å². The van der Waals surface area contributed by atoms with Crippen molar-refractivity contribution in [1.82, 2.24) is 5.32 Å². The lowest BCUT2D eigenvalue weighted by atomic mass is 10.0.